The number of carbonyl (C=O) groups is 1. The van der Waals surface area contributed by atoms with Gasteiger partial charge in [0.25, 0.3) is 0 Å². The Hall–Kier alpha value is -1.85. The maximum atomic E-state index is 11.7. The number of nitrogens with zero attached hydrogens (tertiary/aromatic N) is 2. The molecule has 104 valence electrons. The van der Waals surface area contributed by atoms with Gasteiger partial charge in [-0.3, -0.25) is 0 Å². The summed E-state index contributed by atoms with van der Waals surface area (Å²) in [5.41, 5.74) is 5.78. The lowest BCUT2D eigenvalue weighted by Crippen LogP contribution is -2.35. The fourth-order valence-electron chi connectivity index (χ4n) is 1.87. The smallest absolute Gasteiger partial charge is 0.328 e. The molecule has 1 unspecified atom stereocenters. The molecule has 0 saturated heterocycles. The Labute approximate surface area is 112 Å². The lowest BCUT2D eigenvalue weighted by Gasteiger charge is -2.20. The lowest BCUT2D eigenvalue weighted by molar-refractivity contribution is -0.142. The molecular formula is C13H20N4O2. The number of carbonyl (C=O) groups excluding carboxylic acids is 1. The molecule has 3 N–H and O–H groups in total. The summed E-state index contributed by atoms with van der Waals surface area (Å²) in [5, 5.41) is 3.09. The molecule has 1 atom stereocenters. The highest BCUT2D eigenvalue weighted by Crippen LogP contribution is 2.38. The van der Waals surface area contributed by atoms with E-state index in [1.165, 1.54) is 7.11 Å². The molecule has 0 bridgehead atoms. The van der Waals surface area contributed by atoms with Gasteiger partial charge in [0, 0.05) is 12.0 Å². The number of anilines is 2. The maximum absolute atomic E-state index is 11.7. The van der Waals surface area contributed by atoms with Crippen LogP contribution in [0.25, 0.3) is 0 Å². The molecule has 0 aliphatic heterocycles. The van der Waals surface area contributed by atoms with Crippen LogP contribution in [0.5, 0.6) is 0 Å². The number of methoxy groups -OCH3 is 1. The highest BCUT2D eigenvalue weighted by atomic mass is 16.5. The quantitative estimate of drug-likeness (QED) is 0.784. The van der Waals surface area contributed by atoms with Gasteiger partial charge in [-0.15, -0.1) is 0 Å². The van der Waals surface area contributed by atoms with Gasteiger partial charge in [-0.25, -0.2) is 14.8 Å². The van der Waals surface area contributed by atoms with E-state index in [-0.39, 0.29) is 11.9 Å². The molecule has 0 aromatic carbocycles. The Balaban J connectivity index is 2.18. The zero-order chi connectivity index (χ0) is 14.0. The van der Waals surface area contributed by atoms with Crippen LogP contribution in [0.2, 0.25) is 0 Å². The minimum atomic E-state index is -0.439. The average molecular weight is 264 g/mol. The summed E-state index contributed by atoms with van der Waals surface area (Å²) in [7, 11) is 1.38. The number of aromatic nitrogens is 2. The van der Waals surface area contributed by atoms with Crippen LogP contribution in [0, 0.1) is 5.92 Å². The topological polar surface area (TPSA) is 90.1 Å². The van der Waals surface area contributed by atoms with Crippen molar-refractivity contribution < 1.29 is 9.53 Å². The number of rotatable bonds is 5. The van der Waals surface area contributed by atoms with Crippen LogP contribution in [-0.4, -0.2) is 29.1 Å². The Kier molecular flexibility index (Phi) is 3.87. The molecule has 1 fully saturated rings. The second-order valence-corrected chi connectivity index (χ2v) is 5.20. The summed E-state index contributed by atoms with van der Waals surface area (Å²) in [5.74, 6) is 1.97. The molecule has 6 nitrogen and oxygen atoms in total. The third-order valence-electron chi connectivity index (χ3n) is 3.13. The van der Waals surface area contributed by atoms with E-state index in [0.29, 0.717) is 17.6 Å². The molecular weight excluding hydrogens is 244 g/mol. The molecule has 1 aromatic heterocycles. The van der Waals surface area contributed by atoms with E-state index >= 15 is 0 Å². The molecule has 0 spiro atoms. The van der Waals surface area contributed by atoms with Gasteiger partial charge in [-0.05, 0) is 18.8 Å². The third-order valence-corrected chi connectivity index (χ3v) is 3.13. The van der Waals surface area contributed by atoms with Gasteiger partial charge in [0.15, 0.2) is 0 Å². The normalized spacial score (nSPS) is 16.2. The first kappa shape index (κ1) is 13.6. The third kappa shape index (κ3) is 3.33. The van der Waals surface area contributed by atoms with Crippen LogP contribution in [0.15, 0.2) is 6.07 Å². The van der Waals surface area contributed by atoms with Crippen LogP contribution in [-0.2, 0) is 9.53 Å². The maximum Gasteiger partial charge on any atom is 0.328 e. The molecule has 1 heterocycles. The number of hydrogen-bond donors (Lipinski definition) is 2. The Morgan fingerprint density at radius 1 is 1.47 bits per heavy atom. The van der Waals surface area contributed by atoms with E-state index in [2.05, 4.69) is 15.3 Å². The summed E-state index contributed by atoms with van der Waals surface area (Å²) in [6.07, 6.45) is 2.21. The summed E-state index contributed by atoms with van der Waals surface area (Å²) in [6.45, 7) is 3.89. The summed E-state index contributed by atoms with van der Waals surface area (Å²) in [6, 6.07) is 1.20. The second kappa shape index (κ2) is 5.42. The van der Waals surface area contributed by atoms with Gasteiger partial charge >= 0.3 is 5.97 Å². The highest BCUT2D eigenvalue weighted by molar-refractivity contribution is 5.79. The Morgan fingerprint density at radius 3 is 2.68 bits per heavy atom. The van der Waals surface area contributed by atoms with Crippen LogP contribution >= 0.6 is 0 Å². The fourth-order valence-corrected chi connectivity index (χ4v) is 1.87. The van der Waals surface area contributed by atoms with Gasteiger partial charge in [-0.1, -0.05) is 13.8 Å². The zero-order valence-electron chi connectivity index (χ0n) is 11.5. The number of hydrogen-bond acceptors (Lipinski definition) is 6. The first-order valence-corrected chi connectivity index (χ1v) is 6.50. The average Bonchev–Trinajstić information content (AvgIpc) is 3.18. The van der Waals surface area contributed by atoms with E-state index in [1.807, 2.05) is 13.8 Å². The number of nitrogens with two attached hydrogens (primary N) is 1. The first-order valence-electron chi connectivity index (χ1n) is 6.50. The summed E-state index contributed by atoms with van der Waals surface area (Å²) >= 11 is 0. The van der Waals surface area contributed by atoms with Gasteiger partial charge in [0.1, 0.15) is 23.5 Å². The molecule has 1 saturated carbocycles. The van der Waals surface area contributed by atoms with Crippen molar-refractivity contribution in [2.24, 2.45) is 5.92 Å². The zero-order valence-corrected chi connectivity index (χ0v) is 11.5. The standard InChI is InChI=1S/C13H20N4O2/c1-7(2)11(13(18)19-3)16-10-6-9(14)15-12(17-10)8-4-5-8/h6-8,11H,4-5H2,1-3H3,(H3,14,15,16,17). The van der Waals surface area contributed by atoms with E-state index in [4.69, 9.17) is 10.5 Å². The SMILES string of the molecule is COC(=O)C(Nc1cc(N)nc(C2CC2)n1)C(C)C. The summed E-state index contributed by atoms with van der Waals surface area (Å²) < 4.78 is 4.79. The van der Waals surface area contributed by atoms with E-state index in [9.17, 15) is 4.79 Å². The van der Waals surface area contributed by atoms with Crippen molar-refractivity contribution in [2.45, 2.75) is 38.6 Å². The lowest BCUT2D eigenvalue weighted by atomic mass is 10.0. The number of esters is 1. The van der Waals surface area contributed by atoms with E-state index < -0.39 is 6.04 Å². The molecule has 1 aliphatic rings. The largest absolute Gasteiger partial charge is 0.467 e. The molecule has 6 heteroatoms. The van der Waals surface area contributed by atoms with Gasteiger partial charge in [-0.2, -0.15) is 0 Å². The number of nitrogen functional groups attached to an aromatic ring is 1. The Morgan fingerprint density at radius 2 is 2.16 bits per heavy atom. The van der Waals surface area contributed by atoms with Crippen molar-refractivity contribution in [2.75, 3.05) is 18.2 Å². The minimum absolute atomic E-state index is 0.0908. The second-order valence-electron chi connectivity index (χ2n) is 5.20. The van der Waals surface area contributed by atoms with Gasteiger partial charge in [0.2, 0.25) is 0 Å². The first-order chi connectivity index (χ1) is 9.01. The van der Waals surface area contributed by atoms with Crippen molar-refractivity contribution in [3.8, 4) is 0 Å². The summed E-state index contributed by atoms with van der Waals surface area (Å²) in [4.78, 5) is 20.4. The molecule has 1 aliphatic carbocycles. The predicted octanol–water partition coefficient (Wildman–Crippen LogP) is 1.55. The Bertz CT molecular complexity index is 472. The number of ether oxygens (including phenoxy) is 1. The molecule has 19 heavy (non-hydrogen) atoms. The number of nitrogens with one attached hydrogen (secondary N) is 1. The van der Waals surface area contributed by atoms with Gasteiger partial charge < -0.3 is 15.8 Å². The predicted molar refractivity (Wildman–Crippen MR) is 72.7 cm³/mol. The van der Waals surface area contributed by atoms with E-state index in [1.54, 1.807) is 6.07 Å². The van der Waals surface area contributed by atoms with Crippen LogP contribution in [0.4, 0.5) is 11.6 Å². The minimum Gasteiger partial charge on any atom is -0.467 e. The van der Waals surface area contributed by atoms with Crippen molar-refractivity contribution >= 4 is 17.6 Å². The van der Waals surface area contributed by atoms with Crippen LogP contribution in [0.1, 0.15) is 38.4 Å². The molecule has 0 radical (unpaired) electrons. The van der Waals surface area contributed by atoms with Gasteiger partial charge in [0.05, 0.1) is 7.11 Å². The van der Waals surface area contributed by atoms with Crippen molar-refractivity contribution in [3.05, 3.63) is 11.9 Å². The van der Waals surface area contributed by atoms with Crippen molar-refractivity contribution in [3.63, 3.8) is 0 Å². The molecule has 1 aromatic rings. The molecule has 0 amide bonds. The van der Waals surface area contributed by atoms with Crippen molar-refractivity contribution in [1.82, 2.24) is 9.97 Å². The van der Waals surface area contributed by atoms with Crippen LogP contribution < -0.4 is 11.1 Å². The van der Waals surface area contributed by atoms with Crippen LogP contribution in [0.3, 0.4) is 0 Å². The molecule has 2 rings (SSSR count). The fraction of sp³-hybridized carbons (Fsp3) is 0.615. The van der Waals surface area contributed by atoms with E-state index in [0.717, 1.165) is 18.7 Å². The monoisotopic (exact) mass is 264 g/mol. The highest BCUT2D eigenvalue weighted by Gasteiger charge is 2.28. The van der Waals surface area contributed by atoms with Crippen molar-refractivity contribution in [1.29, 1.82) is 0 Å².